The maximum Gasteiger partial charge on any atom is 0.257 e. The number of aromatic hydroxyl groups is 1. The van der Waals surface area contributed by atoms with Gasteiger partial charge in [-0.3, -0.25) is 4.79 Å². The molecular formula is C19H30N2O4. The number of ether oxygens (including phenoxy) is 1. The molecule has 25 heavy (non-hydrogen) atoms. The molecular weight excluding hydrogens is 320 g/mol. The van der Waals surface area contributed by atoms with Crippen LogP contribution in [0.2, 0.25) is 0 Å². The number of hydrogen-bond donors (Lipinski definition) is 2. The summed E-state index contributed by atoms with van der Waals surface area (Å²) in [5.41, 5.74) is 1.14. The number of carbonyl (C=O) groups excluding carboxylic acids is 1. The van der Waals surface area contributed by atoms with Gasteiger partial charge in [0.15, 0.2) is 0 Å². The number of amides is 1. The average Bonchev–Trinajstić information content (AvgIpc) is 2.62. The summed E-state index contributed by atoms with van der Waals surface area (Å²) in [6, 6.07) is 4.82. The molecule has 2 rings (SSSR count). The first kappa shape index (κ1) is 19.5. The Morgan fingerprint density at radius 3 is 2.52 bits per heavy atom. The van der Waals surface area contributed by atoms with Gasteiger partial charge in [0.25, 0.3) is 5.91 Å². The predicted octanol–water partition coefficient (Wildman–Crippen LogP) is 2.24. The van der Waals surface area contributed by atoms with Crippen LogP contribution in [0.1, 0.15) is 43.5 Å². The molecule has 6 nitrogen and oxygen atoms in total. The van der Waals surface area contributed by atoms with E-state index in [1.54, 1.807) is 26.3 Å². The number of hydrogen-bond acceptors (Lipinski definition) is 5. The van der Waals surface area contributed by atoms with Crippen LogP contribution in [0.5, 0.6) is 5.75 Å². The van der Waals surface area contributed by atoms with Crippen LogP contribution in [-0.4, -0.2) is 66.5 Å². The predicted molar refractivity (Wildman–Crippen MR) is 98.2 cm³/mol. The summed E-state index contributed by atoms with van der Waals surface area (Å²) in [7, 11) is 3.25. The Morgan fingerprint density at radius 2 is 1.96 bits per heavy atom. The molecule has 6 heteroatoms. The van der Waals surface area contributed by atoms with Crippen molar-refractivity contribution in [3.05, 3.63) is 23.8 Å². The summed E-state index contributed by atoms with van der Waals surface area (Å²) >= 11 is 0. The Morgan fingerprint density at radius 1 is 1.28 bits per heavy atom. The molecule has 0 aliphatic heterocycles. The second kappa shape index (κ2) is 8.54. The molecule has 140 valence electrons. The van der Waals surface area contributed by atoms with Gasteiger partial charge in [0, 0.05) is 39.0 Å². The summed E-state index contributed by atoms with van der Waals surface area (Å²) in [6.07, 6.45) is 1.43. The van der Waals surface area contributed by atoms with Gasteiger partial charge in [-0.2, -0.15) is 0 Å². The molecule has 1 saturated carbocycles. The maximum absolute atomic E-state index is 12.8. The van der Waals surface area contributed by atoms with Crippen LogP contribution >= 0.6 is 0 Å². The van der Waals surface area contributed by atoms with Crippen molar-refractivity contribution in [1.29, 1.82) is 0 Å². The van der Waals surface area contributed by atoms with Crippen LogP contribution in [0.3, 0.4) is 0 Å². The largest absolute Gasteiger partial charge is 0.507 e. The standard InChI is InChI=1S/C19H30N2O4/c1-5-21(6-2)13-10-11-14(16(22)12-13)19(24)20(3)15-8-7-9-17(25-4)18(15)23/h10-12,15,17-18,22-23H,5-9H2,1-4H3/t15-,17-,18-/m1/s1. The molecule has 0 heterocycles. The van der Waals surface area contributed by atoms with Crippen LogP contribution in [0, 0.1) is 0 Å². The quantitative estimate of drug-likeness (QED) is 0.823. The lowest BCUT2D eigenvalue weighted by molar-refractivity contribution is -0.0714. The number of phenolic OH excluding ortho intramolecular Hbond substituents is 1. The average molecular weight is 350 g/mol. The minimum Gasteiger partial charge on any atom is -0.507 e. The molecule has 0 aromatic heterocycles. The van der Waals surface area contributed by atoms with E-state index in [9.17, 15) is 15.0 Å². The molecule has 0 spiro atoms. The van der Waals surface area contributed by atoms with Crippen molar-refractivity contribution in [2.75, 3.05) is 32.1 Å². The zero-order chi connectivity index (χ0) is 18.6. The maximum atomic E-state index is 12.8. The van der Waals surface area contributed by atoms with E-state index in [0.29, 0.717) is 0 Å². The van der Waals surface area contributed by atoms with E-state index in [0.717, 1.165) is 38.0 Å². The van der Waals surface area contributed by atoms with E-state index in [1.165, 1.54) is 4.90 Å². The number of methoxy groups -OCH3 is 1. The summed E-state index contributed by atoms with van der Waals surface area (Å²) in [4.78, 5) is 16.5. The first-order valence-electron chi connectivity index (χ1n) is 9.00. The lowest BCUT2D eigenvalue weighted by atomic mass is 9.88. The molecule has 2 N–H and O–H groups in total. The molecule has 1 fully saturated rings. The highest BCUT2D eigenvalue weighted by atomic mass is 16.5. The molecule has 3 atom stereocenters. The lowest BCUT2D eigenvalue weighted by Gasteiger charge is -2.39. The Kier molecular flexibility index (Phi) is 6.67. The number of phenols is 1. The fourth-order valence-corrected chi connectivity index (χ4v) is 3.62. The van der Waals surface area contributed by atoms with Gasteiger partial charge >= 0.3 is 0 Å². The summed E-state index contributed by atoms with van der Waals surface area (Å²) in [5, 5.41) is 20.8. The molecule has 1 aromatic rings. The Balaban J connectivity index is 2.19. The summed E-state index contributed by atoms with van der Waals surface area (Å²) in [6.45, 7) is 5.75. The molecule has 1 aromatic carbocycles. The highest BCUT2D eigenvalue weighted by molar-refractivity contribution is 5.97. The summed E-state index contributed by atoms with van der Waals surface area (Å²) < 4.78 is 5.32. The number of likely N-dealkylation sites (N-methyl/N-ethyl adjacent to an activating group) is 1. The van der Waals surface area contributed by atoms with E-state index in [1.807, 2.05) is 19.9 Å². The van der Waals surface area contributed by atoms with Crippen molar-refractivity contribution < 1.29 is 19.7 Å². The zero-order valence-corrected chi connectivity index (χ0v) is 15.6. The normalized spacial score (nSPS) is 23.3. The van der Waals surface area contributed by atoms with Gasteiger partial charge in [-0.1, -0.05) is 0 Å². The lowest BCUT2D eigenvalue weighted by Crippen LogP contribution is -2.52. The van der Waals surface area contributed by atoms with Gasteiger partial charge in [-0.05, 0) is 45.2 Å². The summed E-state index contributed by atoms with van der Waals surface area (Å²) in [5.74, 6) is -0.320. The van der Waals surface area contributed by atoms with Crippen molar-refractivity contribution in [1.82, 2.24) is 4.90 Å². The Hall–Kier alpha value is -1.79. The van der Waals surface area contributed by atoms with Gasteiger partial charge in [0.1, 0.15) is 11.9 Å². The monoisotopic (exact) mass is 350 g/mol. The number of nitrogens with zero attached hydrogens (tertiary/aromatic N) is 2. The van der Waals surface area contributed by atoms with Crippen molar-refractivity contribution in [3.63, 3.8) is 0 Å². The van der Waals surface area contributed by atoms with Gasteiger partial charge < -0.3 is 24.7 Å². The zero-order valence-electron chi connectivity index (χ0n) is 15.6. The first-order valence-corrected chi connectivity index (χ1v) is 9.00. The van der Waals surface area contributed by atoms with Crippen LogP contribution in [-0.2, 0) is 4.74 Å². The molecule has 1 aliphatic rings. The van der Waals surface area contributed by atoms with Crippen molar-refractivity contribution >= 4 is 11.6 Å². The highest BCUT2D eigenvalue weighted by Gasteiger charge is 2.36. The van der Waals surface area contributed by atoms with Gasteiger partial charge in [0.2, 0.25) is 0 Å². The van der Waals surface area contributed by atoms with Crippen molar-refractivity contribution in [2.45, 2.75) is 51.4 Å². The molecule has 1 aliphatic carbocycles. The highest BCUT2D eigenvalue weighted by Crippen LogP contribution is 2.29. The SMILES string of the molecule is CCN(CC)c1ccc(C(=O)N(C)[C@@H]2CCC[C@@H](OC)[C@@H]2O)c(O)c1. The van der Waals surface area contributed by atoms with Crippen LogP contribution in [0.4, 0.5) is 5.69 Å². The number of rotatable bonds is 6. The second-order valence-corrected chi connectivity index (χ2v) is 6.55. The molecule has 0 radical (unpaired) electrons. The third-order valence-corrected chi connectivity index (χ3v) is 5.22. The Bertz CT molecular complexity index is 589. The fourth-order valence-electron chi connectivity index (χ4n) is 3.62. The third-order valence-electron chi connectivity index (χ3n) is 5.22. The number of carbonyl (C=O) groups is 1. The first-order chi connectivity index (χ1) is 11.9. The number of benzene rings is 1. The molecule has 1 amide bonds. The van der Waals surface area contributed by atoms with E-state index in [4.69, 9.17) is 4.74 Å². The van der Waals surface area contributed by atoms with E-state index < -0.39 is 6.10 Å². The third kappa shape index (κ3) is 4.07. The van der Waals surface area contributed by atoms with Gasteiger partial charge in [0.05, 0.1) is 17.7 Å². The van der Waals surface area contributed by atoms with E-state index in [2.05, 4.69) is 4.90 Å². The Labute approximate surface area is 150 Å². The number of aliphatic hydroxyl groups excluding tert-OH is 1. The van der Waals surface area contributed by atoms with Crippen molar-refractivity contribution in [2.24, 2.45) is 0 Å². The van der Waals surface area contributed by atoms with Gasteiger partial charge in [-0.25, -0.2) is 0 Å². The van der Waals surface area contributed by atoms with Crippen LogP contribution in [0.25, 0.3) is 0 Å². The topological polar surface area (TPSA) is 73.2 Å². The fraction of sp³-hybridized carbons (Fsp3) is 0.632. The molecule has 0 unspecified atom stereocenters. The molecule has 0 saturated heterocycles. The minimum atomic E-state index is -0.718. The number of anilines is 1. The second-order valence-electron chi connectivity index (χ2n) is 6.55. The van der Waals surface area contributed by atoms with Crippen LogP contribution in [0.15, 0.2) is 18.2 Å². The molecule has 0 bridgehead atoms. The minimum absolute atomic E-state index is 0.0326. The van der Waals surface area contributed by atoms with Gasteiger partial charge in [-0.15, -0.1) is 0 Å². The van der Waals surface area contributed by atoms with E-state index >= 15 is 0 Å². The van der Waals surface area contributed by atoms with Crippen LogP contribution < -0.4 is 4.90 Å². The number of aliphatic hydroxyl groups is 1. The van der Waals surface area contributed by atoms with E-state index in [-0.39, 0.29) is 29.4 Å². The van der Waals surface area contributed by atoms with Crippen molar-refractivity contribution in [3.8, 4) is 5.75 Å². The smallest absolute Gasteiger partial charge is 0.257 e.